The minimum atomic E-state index is -1.04. The van der Waals surface area contributed by atoms with Crippen molar-refractivity contribution in [3.05, 3.63) is 41.5 Å². The van der Waals surface area contributed by atoms with Crippen LogP contribution in [-0.2, 0) is 14.4 Å². The Kier molecular flexibility index (Phi) is 3.46. The van der Waals surface area contributed by atoms with Crippen molar-refractivity contribution < 1.29 is 19.5 Å². The number of carbonyl (C=O) groups is 3. The molecule has 1 N–H and O–H groups in total. The van der Waals surface area contributed by atoms with Gasteiger partial charge in [-0.2, -0.15) is 0 Å². The summed E-state index contributed by atoms with van der Waals surface area (Å²) in [6.07, 6.45) is 1.02. The number of imide groups is 1. The van der Waals surface area contributed by atoms with Crippen molar-refractivity contribution in [3.63, 3.8) is 0 Å². The molecule has 0 radical (unpaired) electrons. The Morgan fingerprint density at radius 3 is 2.42 bits per heavy atom. The van der Waals surface area contributed by atoms with Gasteiger partial charge in [-0.05, 0) is 12.5 Å². The Hall–Kier alpha value is -2.43. The van der Waals surface area contributed by atoms with Gasteiger partial charge in [0.05, 0.1) is 12.0 Å². The molecule has 19 heavy (non-hydrogen) atoms. The fourth-order valence-corrected chi connectivity index (χ4v) is 1.87. The average Bonchev–Trinajstić information content (AvgIpc) is 2.63. The fraction of sp³-hybridized carbons (Fsp3) is 0.214. The van der Waals surface area contributed by atoms with Gasteiger partial charge in [0.1, 0.15) is 0 Å². The van der Waals surface area contributed by atoms with E-state index in [9.17, 15) is 14.4 Å². The Morgan fingerprint density at radius 1 is 1.21 bits per heavy atom. The summed E-state index contributed by atoms with van der Waals surface area (Å²) < 4.78 is 0. The molecule has 0 fully saturated rings. The third kappa shape index (κ3) is 2.70. The van der Waals surface area contributed by atoms with E-state index >= 15 is 0 Å². The van der Waals surface area contributed by atoms with E-state index in [-0.39, 0.29) is 13.0 Å². The maximum atomic E-state index is 12.1. The minimum Gasteiger partial charge on any atom is -0.481 e. The summed E-state index contributed by atoms with van der Waals surface area (Å²) in [5, 5.41) is 8.59. The molecule has 0 aromatic heterocycles. The van der Waals surface area contributed by atoms with Crippen molar-refractivity contribution in [3.8, 4) is 0 Å². The normalized spacial score (nSPS) is 14.8. The molecule has 98 valence electrons. The van der Waals surface area contributed by atoms with Crippen molar-refractivity contribution in [1.82, 2.24) is 4.90 Å². The minimum absolute atomic E-state index is 0.0984. The highest BCUT2D eigenvalue weighted by atomic mass is 16.4. The molecule has 0 atom stereocenters. The van der Waals surface area contributed by atoms with Gasteiger partial charge < -0.3 is 5.11 Å². The first kappa shape index (κ1) is 13.0. The molecular weight excluding hydrogens is 246 g/mol. The first-order valence-corrected chi connectivity index (χ1v) is 5.85. The predicted molar refractivity (Wildman–Crippen MR) is 68.1 cm³/mol. The van der Waals surface area contributed by atoms with Crippen LogP contribution in [0.3, 0.4) is 0 Å². The lowest BCUT2D eigenvalue weighted by molar-refractivity contribution is -0.139. The van der Waals surface area contributed by atoms with E-state index in [1.54, 1.807) is 12.1 Å². The summed E-state index contributed by atoms with van der Waals surface area (Å²) in [5.74, 6) is -1.93. The van der Waals surface area contributed by atoms with Crippen molar-refractivity contribution in [2.45, 2.75) is 13.3 Å². The number of carboxylic acids is 1. The molecule has 1 heterocycles. The van der Waals surface area contributed by atoms with Gasteiger partial charge in [-0.25, -0.2) is 0 Å². The molecule has 5 heteroatoms. The molecule has 1 aliphatic rings. The second-order valence-electron chi connectivity index (χ2n) is 4.36. The van der Waals surface area contributed by atoms with Crippen LogP contribution < -0.4 is 0 Å². The number of carbonyl (C=O) groups excluding carboxylic acids is 2. The van der Waals surface area contributed by atoms with Gasteiger partial charge in [-0.1, -0.05) is 29.8 Å². The van der Waals surface area contributed by atoms with Crippen LogP contribution in [0.1, 0.15) is 17.5 Å². The number of hydrogen-bond donors (Lipinski definition) is 1. The maximum Gasteiger partial charge on any atom is 0.305 e. The number of carboxylic acid groups (broad SMARTS) is 1. The SMILES string of the molecule is Cc1ccc(C2=CC(=O)N(CCC(=O)O)C2=O)cc1. The molecule has 1 aromatic carbocycles. The van der Waals surface area contributed by atoms with E-state index < -0.39 is 17.8 Å². The van der Waals surface area contributed by atoms with Crippen LogP contribution >= 0.6 is 0 Å². The summed E-state index contributed by atoms with van der Waals surface area (Å²) >= 11 is 0. The molecule has 1 aliphatic heterocycles. The second kappa shape index (κ2) is 5.06. The molecule has 0 spiro atoms. The molecule has 1 aromatic rings. The predicted octanol–water partition coefficient (Wildman–Crippen LogP) is 1.22. The molecule has 0 aliphatic carbocycles. The van der Waals surface area contributed by atoms with Crippen LogP contribution in [0.5, 0.6) is 0 Å². The quantitative estimate of drug-likeness (QED) is 0.825. The number of amides is 2. The van der Waals surface area contributed by atoms with Gasteiger partial charge in [0.15, 0.2) is 0 Å². The summed E-state index contributed by atoms with van der Waals surface area (Å²) in [4.78, 5) is 35.2. The first-order chi connectivity index (χ1) is 8.99. The van der Waals surface area contributed by atoms with Crippen molar-refractivity contribution in [1.29, 1.82) is 0 Å². The third-order valence-corrected chi connectivity index (χ3v) is 2.92. The van der Waals surface area contributed by atoms with Gasteiger partial charge in [0.2, 0.25) is 0 Å². The first-order valence-electron chi connectivity index (χ1n) is 5.85. The number of hydrogen-bond acceptors (Lipinski definition) is 3. The highest BCUT2D eigenvalue weighted by molar-refractivity contribution is 6.33. The number of aliphatic carboxylic acids is 1. The zero-order chi connectivity index (χ0) is 14.0. The number of aryl methyl sites for hydroxylation is 1. The van der Waals surface area contributed by atoms with Crippen LogP contribution in [0.25, 0.3) is 5.57 Å². The Bertz CT molecular complexity index is 572. The largest absolute Gasteiger partial charge is 0.481 e. The van der Waals surface area contributed by atoms with E-state index in [0.717, 1.165) is 10.5 Å². The zero-order valence-corrected chi connectivity index (χ0v) is 10.4. The van der Waals surface area contributed by atoms with E-state index in [1.165, 1.54) is 6.08 Å². The molecule has 0 bridgehead atoms. The highest BCUT2D eigenvalue weighted by Gasteiger charge is 2.31. The number of nitrogens with zero attached hydrogens (tertiary/aromatic N) is 1. The van der Waals surface area contributed by atoms with Crippen LogP contribution in [0.2, 0.25) is 0 Å². The summed E-state index contributed by atoms with van der Waals surface area (Å²) in [5.41, 5.74) is 2.04. The topological polar surface area (TPSA) is 74.7 Å². The molecule has 0 unspecified atom stereocenters. The lowest BCUT2D eigenvalue weighted by atomic mass is 10.0. The van der Waals surface area contributed by atoms with Crippen molar-refractivity contribution in [2.24, 2.45) is 0 Å². The fourth-order valence-electron chi connectivity index (χ4n) is 1.87. The van der Waals surface area contributed by atoms with Crippen LogP contribution in [0.15, 0.2) is 30.3 Å². The molecular formula is C14H13NO4. The maximum absolute atomic E-state index is 12.1. The van der Waals surface area contributed by atoms with Gasteiger partial charge in [-0.15, -0.1) is 0 Å². The van der Waals surface area contributed by atoms with Crippen LogP contribution in [-0.4, -0.2) is 34.3 Å². The molecule has 2 rings (SSSR count). The van der Waals surface area contributed by atoms with E-state index in [1.807, 2.05) is 19.1 Å². The monoisotopic (exact) mass is 259 g/mol. The molecule has 0 saturated carbocycles. The number of benzene rings is 1. The lowest BCUT2D eigenvalue weighted by Crippen LogP contribution is -2.32. The summed E-state index contributed by atoms with van der Waals surface area (Å²) in [6.45, 7) is 1.83. The molecule has 0 saturated heterocycles. The van der Waals surface area contributed by atoms with Crippen LogP contribution in [0, 0.1) is 6.92 Å². The summed E-state index contributed by atoms with van der Waals surface area (Å²) in [7, 11) is 0. The standard InChI is InChI=1S/C14H13NO4/c1-9-2-4-10(5-3-9)11-8-12(16)15(14(11)19)7-6-13(17)18/h2-5,8H,6-7H2,1H3,(H,17,18). The zero-order valence-electron chi connectivity index (χ0n) is 10.4. The Labute approximate surface area is 110 Å². The lowest BCUT2D eigenvalue weighted by Gasteiger charge is -2.13. The van der Waals surface area contributed by atoms with Crippen molar-refractivity contribution in [2.75, 3.05) is 6.54 Å². The van der Waals surface area contributed by atoms with Crippen LogP contribution in [0.4, 0.5) is 0 Å². The van der Waals surface area contributed by atoms with E-state index in [4.69, 9.17) is 5.11 Å². The highest BCUT2D eigenvalue weighted by Crippen LogP contribution is 2.23. The smallest absolute Gasteiger partial charge is 0.305 e. The van der Waals surface area contributed by atoms with Gasteiger partial charge in [-0.3, -0.25) is 19.3 Å². The summed E-state index contributed by atoms with van der Waals surface area (Å²) in [6, 6.07) is 7.25. The third-order valence-electron chi connectivity index (χ3n) is 2.92. The van der Waals surface area contributed by atoms with Gasteiger partial charge in [0, 0.05) is 12.6 Å². The van der Waals surface area contributed by atoms with Gasteiger partial charge in [0.25, 0.3) is 11.8 Å². The number of rotatable bonds is 4. The van der Waals surface area contributed by atoms with E-state index in [2.05, 4.69) is 0 Å². The Morgan fingerprint density at radius 2 is 1.84 bits per heavy atom. The molecule has 5 nitrogen and oxygen atoms in total. The average molecular weight is 259 g/mol. The molecule has 2 amide bonds. The Balaban J connectivity index is 2.18. The van der Waals surface area contributed by atoms with Crippen molar-refractivity contribution >= 4 is 23.4 Å². The van der Waals surface area contributed by atoms with E-state index in [0.29, 0.717) is 11.1 Å². The van der Waals surface area contributed by atoms with Gasteiger partial charge >= 0.3 is 5.97 Å². The second-order valence-corrected chi connectivity index (χ2v) is 4.36.